The maximum absolute atomic E-state index is 11.0. The first-order chi connectivity index (χ1) is 9.70. The summed E-state index contributed by atoms with van der Waals surface area (Å²) in [5.74, 6) is 0.219. The van der Waals surface area contributed by atoms with Crippen LogP contribution >= 0.6 is 0 Å². The van der Waals surface area contributed by atoms with Crippen molar-refractivity contribution in [1.82, 2.24) is 4.98 Å². The number of nitrogens with one attached hydrogen (secondary N) is 1. The molecule has 3 N–H and O–H groups in total. The average molecular weight is 271 g/mol. The van der Waals surface area contributed by atoms with Crippen LogP contribution in [0.5, 0.6) is 0 Å². The summed E-state index contributed by atoms with van der Waals surface area (Å²) >= 11 is 0. The lowest BCUT2D eigenvalue weighted by molar-refractivity contribution is 0.1000. The Labute approximate surface area is 117 Å². The van der Waals surface area contributed by atoms with Crippen LogP contribution in [0.25, 0.3) is 0 Å². The van der Waals surface area contributed by atoms with Gasteiger partial charge in [0.2, 0.25) is 5.91 Å². The molecule has 0 atom stereocenters. The number of aromatic nitrogens is 1. The lowest BCUT2D eigenvalue weighted by Gasteiger charge is -2.10. The van der Waals surface area contributed by atoms with Gasteiger partial charge in [-0.1, -0.05) is 24.3 Å². The summed E-state index contributed by atoms with van der Waals surface area (Å²) in [4.78, 5) is 15.1. The van der Waals surface area contributed by atoms with Gasteiger partial charge in [0.1, 0.15) is 5.82 Å². The molecule has 2 rings (SSSR count). The van der Waals surface area contributed by atoms with Crippen molar-refractivity contribution in [2.45, 2.75) is 13.2 Å². The molecule has 0 spiro atoms. The van der Waals surface area contributed by atoms with Crippen molar-refractivity contribution in [1.29, 1.82) is 0 Å². The van der Waals surface area contributed by atoms with E-state index in [9.17, 15) is 4.79 Å². The summed E-state index contributed by atoms with van der Waals surface area (Å²) in [6.45, 7) is 1.22. The van der Waals surface area contributed by atoms with Crippen LogP contribution in [0.1, 0.15) is 21.5 Å². The monoisotopic (exact) mass is 271 g/mol. The smallest absolute Gasteiger partial charge is 0.250 e. The van der Waals surface area contributed by atoms with E-state index in [4.69, 9.17) is 10.5 Å². The van der Waals surface area contributed by atoms with Crippen LogP contribution in [0.15, 0.2) is 42.6 Å². The van der Waals surface area contributed by atoms with Gasteiger partial charge in [0.15, 0.2) is 0 Å². The molecule has 0 saturated carbocycles. The molecule has 5 heteroatoms. The minimum absolute atomic E-state index is 0.398. The third-order valence-electron chi connectivity index (χ3n) is 2.93. The molecule has 2 aromatic rings. The van der Waals surface area contributed by atoms with E-state index in [2.05, 4.69) is 10.3 Å². The standard InChI is InChI=1S/C15H17N3O2/c1-20-10-13-5-3-2-4-11(13)8-17-14-7-6-12(9-18-14)15(16)19/h2-7,9H,8,10H2,1H3,(H2,16,19)(H,17,18). The fourth-order valence-corrected chi connectivity index (χ4v) is 1.86. The number of anilines is 1. The van der Waals surface area contributed by atoms with Crippen molar-refractivity contribution in [3.05, 3.63) is 59.3 Å². The van der Waals surface area contributed by atoms with E-state index in [0.29, 0.717) is 24.5 Å². The van der Waals surface area contributed by atoms with Gasteiger partial charge >= 0.3 is 0 Å². The van der Waals surface area contributed by atoms with Crippen molar-refractivity contribution < 1.29 is 9.53 Å². The maximum atomic E-state index is 11.0. The number of rotatable bonds is 6. The minimum atomic E-state index is -0.477. The Morgan fingerprint density at radius 3 is 2.60 bits per heavy atom. The van der Waals surface area contributed by atoms with E-state index in [1.54, 1.807) is 19.2 Å². The fraction of sp³-hybridized carbons (Fsp3) is 0.200. The quantitative estimate of drug-likeness (QED) is 0.841. The molecule has 0 radical (unpaired) electrons. The van der Waals surface area contributed by atoms with Crippen LogP contribution in [0.3, 0.4) is 0 Å². The molecule has 20 heavy (non-hydrogen) atoms. The predicted molar refractivity (Wildman–Crippen MR) is 77.2 cm³/mol. The van der Waals surface area contributed by atoms with Crippen LogP contribution in [0.2, 0.25) is 0 Å². The van der Waals surface area contributed by atoms with Gasteiger partial charge in [0.05, 0.1) is 12.2 Å². The topological polar surface area (TPSA) is 77.2 Å². The Morgan fingerprint density at radius 2 is 2.00 bits per heavy atom. The number of nitrogens with two attached hydrogens (primary N) is 1. The van der Waals surface area contributed by atoms with Gasteiger partial charge in [-0.15, -0.1) is 0 Å². The second kappa shape index (κ2) is 6.68. The van der Waals surface area contributed by atoms with Crippen molar-refractivity contribution in [3.63, 3.8) is 0 Å². The summed E-state index contributed by atoms with van der Waals surface area (Å²) in [6, 6.07) is 11.4. The number of amides is 1. The number of primary amides is 1. The highest BCUT2D eigenvalue weighted by molar-refractivity contribution is 5.92. The van der Waals surface area contributed by atoms with Gasteiger partial charge in [-0.3, -0.25) is 4.79 Å². The molecule has 0 aliphatic rings. The Bertz CT molecular complexity index is 582. The van der Waals surface area contributed by atoms with E-state index in [0.717, 1.165) is 11.1 Å². The van der Waals surface area contributed by atoms with Crippen molar-refractivity contribution in [2.24, 2.45) is 5.73 Å². The van der Waals surface area contributed by atoms with E-state index < -0.39 is 5.91 Å². The Morgan fingerprint density at radius 1 is 1.25 bits per heavy atom. The van der Waals surface area contributed by atoms with Gasteiger partial charge in [0, 0.05) is 19.9 Å². The molecule has 1 aromatic heterocycles. The molecule has 1 heterocycles. The molecular weight excluding hydrogens is 254 g/mol. The summed E-state index contributed by atoms with van der Waals surface area (Å²) in [5, 5.41) is 3.21. The molecule has 104 valence electrons. The third kappa shape index (κ3) is 3.55. The summed E-state index contributed by atoms with van der Waals surface area (Å²) < 4.78 is 5.17. The van der Waals surface area contributed by atoms with Gasteiger partial charge < -0.3 is 15.8 Å². The molecule has 0 fully saturated rings. The number of benzene rings is 1. The Hall–Kier alpha value is -2.40. The second-order valence-corrected chi connectivity index (χ2v) is 4.35. The lowest BCUT2D eigenvalue weighted by Crippen LogP contribution is -2.11. The number of methoxy groups -OCH3 is 1. The highest BCUT2D eigenvalue weighted by Gasteiger charge is 2.03. The van der Waals surface area contributed by atoms with Gasteiger partial charge in [0.25, 0.3) is 0 Å². The number of carbonyl (C=O) groups excluding carboxylic acids is 1. The summed E-state index contributed by atoms with van der Waals surface area (Å²) in [6.07, 6.45) is 1.46. The highest BCUT2D eigenvalue weighted by Crippen LogP contribution is 2.12. The maximum Gasteiger partial charge on any atom is 0.250 e. The number of hydrogen-bond acceptors (Lipinski definition) is 4. The van der Waals surface area contributed by atoms with Gasteiger partial charge in [-0.2, -0.15) is 0 Å². The van der Waals surface area contributed by atoms with Crippen LogP contribution in [-0.2, 0) is 17.9 Å². The summed E-state index contributed by atoms with van der Waals surface area (Å²) in [7, 11) is 1.67. The molecule has 0 bridgehead atoms. The average Bonchev–Trinajstić information content (AvgIpc) is 2.47. The van der Waals surface area contributed by atoms with E-state index in [1.165, 1.54) is 6.20 Å². The molecular formula is C15H17N3O2. The minimum Gasteiger partial charge on any atom is -0.380 e. The molecule has 1 amide bonds. The summed E-state index contributed by atoms with van der Waals surface area (Å²) in [5.41, 5.74) is 7.85. The zero-order valence-corrected chi connectivity index (χ0v) is 11.3. The molecule has 0 aliphatic heterocycles. The zero-order chi connectivity index (χ0) is 14.4. The molecule has 0 unspecified atom stereocenters. The largest absolute Gasteiger partial charge is 0.380 e. The molecule has 0 saturated heterocycles. The molecule has 5 nitrogen and oxygen atoms in total. The van der Waals surface area contributed by atoms with E-state index in [-0.39, 0.29) is 0 Å². The zero-order valence-electron chi connectivity index (χ0n) is 11.3. The van der Waals surface area contributed by atoms with E-state index in [1.807, 2.05) is 24.3 Å². The first-order valence-corrected chi connectivity index (χ1v) is 6.26. The SMILES string of the molecule is COCc1ccccc1CNc1ccc(C(N)=O)cn1. The van der Waals surface area contributed by atoms with Crippen LogP contribution in [-0.4, -0.2) is 18.0 Å². The van der Waals surface area contributed by atoms with Crippen molar-refractivity contribution in [3.8, 4) is 0 Å². The van der Waals surface area contributed by atoms with Crippen LogP contribution < -0.4 is 11.1 Å². The Balaban J connectivity index is 2.03. The van der Waals surface area contributed by atoms with Crippen molar-refractivity contribution >= 4 is 11.7 Å². The first kappa shape index (κ1) is 14.0. The number of carbonyl (C=O) groups is 1. The van der Waals surface area contributed by atoms with Crippen molar-refractivity contribution in [2.75, 3.05) is 12.4 Å². The predicted octanol–water partition coefficient (Wildman–Crippen LogP) is 1.94. The molecule has 1 aromatic carbocycles. The van der Waals surface area contributed by atoms with Gasteiger partial charge in [-0.25, -0.2) is 4.98 Å². The second-order valence-electron chi connectivity index (χ2n) is 4.35. The Kier molecular flexibility index (Phi) is 4.68. The number of pyridine rings is 1. The lowest BCUT2D eigenvalue weighted by atomic mass is 10.1. The van der Waals surface area contributed by atoms with Crippen LogP contribution in [0.4, 0.5) is 5.82 Å². The molecule has 0 aliphatic carbocycles. The first-order valence-electron chi connectivity index (χ1n) is 6.26. The number of nitrogens with zero attached hydrogens (tertiary/aromatic N) is 1. The highest BCUT2D eigenvalue weighted by atomic mass is 16.5. The van der Waals surface area contributed by atoms with Gasteiger partial charge in [-0.05, 0) is 23.3 Å². The number of hydrogen-bond donors (Lipinski definition) is 2. The fourth-order valence-electron chi connectivity index (χ4n) is 1.86. The number of ether oxygens (including phenoxy) is 1. The van der Waals surface area contributed by atoms with Crippen LogP contribution in [0, 0.1) is 0 Å². The normalized spacial score (nSPS) is 10.2. The van der Waals surface area contributed by atoms with E-state index >= 15 is 0 Å². The third-order valence-corrected chi connectivity index (χ3v) is 2.93.